The Hall–Kier alpha value is -3.20. The van der Waals surface area contributed by atoms with Gasteiger partial charge in [-0.2, -0.15) is 40.0 Å². The van der Waals surface area contributed by atoms with Crippen molar-refractivity contribution < 1.29 is 35.9 Å². The fraction of sp³-hybridized carbons (Fsp3) is 0.481. The third kappa shape index (κ3) is 5.92. The molecular weight excluding hydrogens is 563 g/mol. The Kier molecular flexibility index (Phi) is 8.03. The summed E-state index contributed by atoms with van der Waals surface area (Å²) in [5.41, 5.74) is 1.78. The molecule has 0 amide bonds. The molecule has 3 atom stereocenters. The van der Waals surface area contributed by atoms with E-state index in [1.54, 1.807) is 18.9 Å². The van der Waals surface area contributed by atoms with E-state index < -0.39 is 46.8 Å². The van der Waals surface area contributed by atoms with Gasteiger partial charge in [0.1, 0.15) is 12.1 Å². The number of aryl methyl sites for hydroxylation is 1. The smallest absolute Gasteiger partial charge is 0.393 e. The molecule has 3 unspecified atom stereocenters. The highest BCUT2D eigenvalue weighted by molar-refractivity contribution is 7.86. The van der Waals surface area contributed by atoms with Gasteiger partial charge in [0.05, 0.1) is 29.5 Å². The van der Waals surface area contributed by atoms with Crippen LogP contribution in [0, 0.1) is 12.8 Å². The maximum absolute atomic E-state index is 14.5. The minimum Gasteiger partial charge on any atom is -0.471 e. The first kappa shape index (κ1) is 29.3. The monoisotopic (exact) mass is 595 g/mol. The summed E-state index contributed by atoms with van der Waals surface area (Å²) in [6.07, 6.45) is -2.80. The summed E-state index contributed by atoms with van der Waals surface area (Å²) in [5.74, 6) is -3.46. The van der Waals surface area contributed by atoms with Crippen LogP contribution in [-0.4, -0.2) is 83.3 Å². The molecule has 2 saturated heterocycles. The van der Waals surface area contributed by atoms with E-state index in [0.29, 0.717) is 17.9 Å². The molecule has 0 bridgehead atoms. The number of hydrogen-bond acceptors (Lipinski definition) is 7. The lowest BCUT2D eigenvalue weighted by atomic mass is 9.83. The number of aliphatic hydroxyl groups excluding tert-OH is 1. The summed E-state index contributed by atoms with van der Waals surface area (Å²) in [6, 6.07) is 10.9. The molecule has 2 fully saturated rings. The molecule has 2 aromatic heterocycles. The highest BCUT2D eigenvalue weighted by atomic mass is 32.2. The van der Waals surface area contributed by atoms with Gasteiger partial charge in [-0.25, -0.2) is 0 Å². The van der Waals surface area contributed by atoms with Crippen LogP contribution in [0.1, 0.15) is 45.9 Å². The summed E-state index contributed by atoms with van der Waals surface area (Å²) >= 11 is 0. The summed E-state index contributed by atoms with van der Waals surface area (Å²) in [5, 5.41) is 14.2. The summed E-state index contributed by atoms with van der Waals surface area (Å²) in [6.45, 7) is 1.03. The molecule has 0 radical (unpaired) electrons. The number of aliphatic hydroxyl groups is 1. The fourth-order valence-electron chi connectivity index (χ4n) is 5.52. The topological polar surface area (TPSA) is 112 Å². The maximum atomic E-state index is 14.5. The highest BCUT2D eigenvalue weighted by Gasteiger charge is 2.51. The van der Waals surface area contributed by atoms with E-state index in [9.17, 15) is 31.5 Å². The average molecular weight is 596 g/mol. The number of piperidine rings is 1. The molecule has 0 aliphatic carbocycles. The van der Waals surface area contributed by atoms with Crippen LogP contribution in [0.15, 0.2) is 53.3 Å². The van der Waals surface area contributed by atoms with Gasteiger partial charge in [0.15, 0.2) is 0 Å². The van der Waals surface area contributed by atoms with Gasteiger partial charge in [0, 0.05) is 57.3 Å². The Morgan fingerprint density at radius 1 is 1.12 bits per heavy atom. The molecular formula is C27H32F3N5O5S. The van der Waals surface area contributed by atoms with Crippen molar-refractivity contribution in [1.82, 2.24) is 18.4 Å². The fourth-order valence-corrected chi connectivity index (χ4v) is 7.23. The largest absolute Gasteiger partial charge is 0.471 e. The molecule has 0 saturated carbocycles. The van der Waals surface area contributed by atoms with Crippen molar-refractivity contribution in [3.63, 3.8) is 0 Å². The minimum atomic E-state index is -4.73. The van der Waals surface area contributed by atoms with Crippen LogP contribution in [0.5, 0.6) is 0 Å². The Labute approximate surface area is 236 Å². The van der Waals surface area contributed by atoms with Gasteiger partial charge in [-0.3, -0.25) is 4.79 Å². The number of benzene rings is 1. The maximum Gasteiger partial charge on any atom is 0.393 e. The van der Waals surface area contributed by atoms with Gasteiger partial charge in [-0.1, -0.05) is 30.3 Å². The molecule has 1 aromatic carbocycles. The number of hydrogen-bond donors (Lipinski definition) is 1. The lowest BCUT2D eigenvalue weighted by molar-refractivity contribution is -0.188. The number of furan rings is 1. The van der Waals surface area contributed by atoms with Gasteiger partial charge in [0.2, 0.25) is 0 Å². The van der Waals surface area contributed by atoms with Crippen LogP contribution in [0.2, 0.25) is 0 Å². The lowest BCUT2D eigenvalue weighted by Crippen LogP contribution is -2.52. The first-order valence-corrected chi connectivity index (χ1v) is 14.7. The Morgan fingerprint density at radius 3 is 2.41 bits per heavy atom. The third-order valence-corrected chi connectivity index (χ3v) is 9.76. The lowest BCUT2D eigenvalue weighted by Gasteiger charge is -2.39. The summed E-state index contributed by atoms with van der Waals surface area (Å²) < 4.78 is 77.8. The molecule has 10 nitrogen and oxygen atoms in total. The first-order chi connectivity index (χ1) is 19.4. The number of β-amino-alcohol motifs (C(OH)–C–C–N with tert-alkyl or cyclic N) is 1. The van der Waals surface area contributed by atoms with E-state index in [1.165, 1.54) is 18.6 Å². The van der Waals surface area contributed by atoms with Crippen molar-refractivity contribution in [2.75, 3.05) is 38.1 Å². The van der Waals surface area contributed by atoms with E-state index >= 15 is 0 Å². The van der Waals surface area contributed by atoms with Gasteiger partial charge < -0.3 is 14.4 Å². The van der Waals surface area contributed by atoms with Crippen molar-refractivity contribution in [3.05, 3.63) is 71.3 Å². The van der Waals surface area contributed by atoms with E-state index in [1.807, 2.05) is 30.3 Å². The van der Waals surface area contributed by atoms with E-state index in [4.69, 9.17) is 4.42 Å². The Morgan fingerprint density at radius 2 is 1.80 bits per heavy atom. The van der Waals surface area contributed by atoms with Crippen LogP contribution in [0.3, 0.4) is 0 Å². The third-order valence-electron chi connectivity index (χ3n) is 7.80. The molecule has 41 heavy (non-hydrogen) atoms. The second-order valence-electron chi connectivity index (χ2n) is 10.7. The van der Waals surface area contributed by atoms with Gasteiger partial charge in [0.25, 0.3) is 16.1 Å². The zero-order valence-electron chi connectivity index (χ0n) is 22.7. The van der Waals surface area contributed by atoms with Crippen molar-refractivity contribution >= 4 is 21.9 Å². The number of anilines is 1. The number of nitrogens with zero attached hydrogens (tertiary/aromatic N) is 5. The quantitative estimate of drug-likeness (QED) is 0.446. The first-order valence-electron chi connectivity index (χ1n) is 13.3. The molecule has 5 rings (SSSR count). The predicted octanol–water partition coefficient (Wildman–Crippen LogP) is 3.39. The number of carbonyl (C=O) groups excluding carboxylic acids is 1. The zero-order chi connectivity index (χ0) is 29.5. The molecule has 2 aliphatic rings. The SMILES string of the molecule is Cc1cocc1C(=O)n1nc(C2CCN(S(=O)(=O)N3CCC(O)C3)CC2C(F)(F)F)cc1N(C)Cc1ccccc1. The van der Waals surface area contributed by atoms with Crippen LogP contribution >= 0.6 is 0 Å². The molecule has 4 heterocycles. The number of aromatic nitrogens is 2. The molecule has 14 heteroatoms. The van der Waals surface area contributed by atoms with E-state index in [-0.39, 0.29) is 43.7 Å². The van der Waals surface area contributed by atoms with E-state index in [0.717, 1.165) is 18.9 Å². The molecule has 0 spiro atoms. The molecule has 2 aliphatic heterocycles. The average Bonchev–Trinajstić information content (AvgIpc) is 3.68. The minimum absolute atomic E-state index is 0.0527. The Balaban J connectivity index is 1.49. The van der Waals surface area contributed by atoms with Crippen molar-refractivity contribution in [1.29, 1.82) is 0 Å². The number of rotatable bonds is 7. The van der Waals surface area contributed by atoms with Crippen LogP contribution in [0.4, 0.5) is 19.0 Å². The molecule has 1 N–H and O–H groups in total. The second-order valence-corrected chi connectivity index (χ2v) is 12.6. The van der Waals surface area contributed by atoms with Crippen LogP contribution in [0.25, 0.3) is 0 Å². The van der Waals surface area contributed by atoms with Crippen LogP contribution in [-0.2, 0) is 16.8 Å². The zero-order valence-corrected chi connectivity index (χ0v) is 23.5. The summed E-state index contributed by atoms with van der Waals surface area (Å²) in [7, 11) is -2.46. The van der Waals surface area contributed by atoms with Gasteiger partial charge >= 0.3 is 6.18 Å². The highest BCUT2D eigenvalue weighted by Crippen LogP contribution is 2.44. The Bertz CT molecular complexity index is 1490. The van der Waals surface area contributed by atoms with Gasteiger partial charge in [-0.05, 0) is 25.3 Å². The normalized spacial score (nSPS) is 22.7. The molecule has 3 aromatic rings. The van der Waals surface area contributed by atoms with Gasteiger partial charge in [-0.15, -0.1) is 0 Å². The second kappa shape index (κ2) is 11.2. The van der Waals surface area contributed by atoms with Crippen molar-refractivity contribution in [2.45, 2.75) is 44.5 Å². The molecule has 222 valence electrons. The number of alkyl halides is 3. The van der Waals surface area contributed by atoms with Crippen LogP contribution < -0.4 is 4.90 Å². The predicted molar refractivity (Wildman–Crippen MR) is 144 cm³/mol. The number of halogens is 3. The van der Waals surface area contributed by atoms with Crippen molar-refractivity contribution in [3.8, 4) is 0 Å². The summed E-state index contributed by atoms with van der Waals surface area (Å²) in [4.78, 5) is 15.3. The van der Waals surface area contributed by atoms with E-state index in [2.05, 4.69) is 5.10 Å². The standard InChI is InChI=1S/C27H32F3N5O5S/c1-18-16-40-17-22(18)26(37)35-25(32(2)13-19-6-4-3-5-7-19)12-24(31-35)21-9-11-34(15-23(21)27(28,29)30)41(38,39)33-10-8-20(36)14-33/h3-7,12,16-17,20-21,23,36H,8-11,13-15H2,1-2H3. The van der Waals surface area contributed by atoms with Crippen molar-refractivity contribution in [2.24, 2.45) is 5.92 Å². The number of carbonyl (C=O) groups is 1.